The summed E-state index contributed by atoms with van der Waals surface area (Å²) in [6.45, 7) is 2.39. The third-order valence-electron chi connectivity index (χ3n) is 11.0. The van der Waals surface area contributed by atoms with Gasteiger partial charge in [0.05, 0.1) is 5.69 Å². The van der Waals surface area contributed by atoms with Crippen molar-refractivity contribution in [2.45, 2.75) is 12.3 Å². The van der Waals surface area contributed by atoms with E-state index in [1.54, 1.807) is 0 Å². The second-order valence-electron chi connectivity index (χ2n) is 13.8. The van der Waals surface area contributed by atoms with Crippen LogP contribution in [0.5, 0.6) is 0 Å². The van der Waals surface area contributed by atoms with Crippen LogP contribution in [-0.2, 0) is 5.41 Å². The van der Waals surface area contributed by atoms with Gasteiger partial charge in [0.1, 0.15) is 0 Å². The van der Waals surface area contributed by atoms with Gasteiger partial charge in [-0.15, -0.1) is 11.3 Å². The van der Waals surface area contributed by atoms with Crippen LogP contribution >= 0.6 is 11.3 Å². The zero-order chi connectivity index (χ0) is 34.6. The molecule has 1 aliphatic rings. The van der Waals surface area contributed by atoms with E-state index in [4.69, 9.17) is 0 Å². The zero-order valence-corrected chi connectivity index (χ0v) is 29.6. The van der Waals surface area contributed by atoms with Gasteiger partial charge in [-0.05, 0) is 87.8 Å². The maximum Gasteiger partial charge on any atom is 0.0543 e. The molecule has 1 unspecified atom stereocenters. The molecule has 1 heterocycles. The molecule has 9 aromatic rings. The van der Waals surface area contributed by atoms with E-state index < -0.39 is 0 Å². The average Bonchev–Trinajstić information content (AvgIpc) is 3.73. The van der Waals surface area contributed by atoms with Gasteiger partial charge < -0.3 is 4.90 Å². The Hall–Kier alpha value is -6.22. The highest BCUT2D eigenvalue weighted by molar-refractivity contribution is 7.26. The van der Waals surface area contributed by atoms with Gasteiger partial charge in [-0.1, -0.05) is 158 Å². The highest BCUT2D eigenvalue weighted by atomic mass is 32.1. The third kappa shape index (κ3) is 4.76. The molecule has 1 atom stereocenters. The molecule has 0 saturated carbocycles. The summed E-state index contributed by atoms with van der Waals surface area (Å²) < 4.78 is 2.66. The fraction of sp³-hybridized carbons (Fsp3) is 0.0400. The number of rotatable bonds is 6. The monoisotopic (exact) mass is 681 g/mol. The lowest BCUT2D eigenvalue weighted by Crippen LogP contribution is -2.22. The molecule has 52 heavy (non-hydrogen) atoms. The molecular weight excluding hydrogens is 647 g/mol. The number of benzene rings is 8. The quantitative estimate of drug-likeness (QED) is 0.169. The number of hydrogen-bond donors (Lipinski definition) is 0. The molecule has 0 radical (unpaired) electrons. The van der Waals surface area contributed by atoms with Crippen LogP contribution < -0.4 is 4.90 Å². The summed E-state index contributed by atoms with van der Waals surface area (Å²) in [7, 11) is 0. The molecular formula is C50H35NS. The Balaban J connectivity index is 1.15. The van der Waals surface area contributed by atoms with Crippen molar-refractivity contribution in [3.05, 3.63) is 211 Å². The minimum absolute atomic E-state index is 0.279. The largest absolute Gasteiger partial charge is 0.310 e. The average molecular weight is 682 g/mol. The molecule has 0 aliphatic heterocycles. The van der Waals surface area contributed by atoms with E-state index in [2.05, 4.69) is 206 Å². The van der Waals surface area contributed by atoms with E-state index in [1.165, 1.54) is 75.9 Å². The highest BCUT2D eigenvalue weighted by Gasteiger charge is 2.42. The molecule has 1 aliphatic carbocycles. The Morgan fingerprint density at radius 1 is 0.423 bits per heavy atom. The first-order chi connectivity index (χ1) is 25.7. The van der Waals surface area contributed by atoms with E-state index in [0.717, 1.165) is 11.4 Å². The first-order valence-electron chi connectivity index (χ1n) is 17.9. The van der Waals surface area contributed by atoms with E-state index in [9.17, 15) is 0 Å². The first-order valence-corrected chi connectivity index (χ1v) is 18.8. The summed E-state index contributed by atoms with van der Waals surface area (Å²) >= 11 is 1.88. The summed E-state index contributed by atoms with van der Waals surface area (Å²) in [6.07, 6.45) is 0. The van der Waals surface area contributed by atoms with Crippen molar-refractivity contribution in [2.75, 3.05) is 4.90 Å². The van der Waals surface area contributed by atoms with Crippen LogP contribution in [0.15, 0.2) is 194 Å². The fourth-order valence-corrected chi connectivity index (χ4v) is 9.65. The Bertz CT molecular complexity index is 2730. The van der Waals surface area contributed by atoms with Crippen LogP contribution in [-0.4, -0.2) is 0 Å². The Kier molecular flexibility index (Phi) is 7.19. The SMILES string of the molecule is CC1(c2ccccc2)c2ccccc2-c2c(N(c3ccc(-c4ccccc4)cc3)c3ccc(-c4cccc5c4sc4ccccc45)cc3)cccc21. The van der Waals surface area contributed by atoms with E-state index in [0.29, 0.717) is 0 Å². The normalized spacial score (nSPS) is 14.7. The molecule has 2 heteroatoms. The number of hydrogen-bond acceptors (Lipinski definition) is 2. The summed E-state index contributed by atoms with van der Waals surface area (Å²) in [6, 6.07) is 71.1. The van der Waals surface area contributed by atoms with Crippen molar-refractivity contribution in [3.8, 4) is 33.4 Å². The van der Waals surface area contributed by atoms with Crippen LogP contribution in [0, 0.1) is 0 Å². The smallest absolute Gasteiger partial charge is 0.0543 e. The van der Waals surface area contributed by atoms with Gasteiger partial charge >= 0.3 is 0 Å². The number of thiophene rings is 1. The van der Waals surface area contributed by atoms with Gasteiger partial charge in [0.2, 0.25) is 0 Å². The summed E-state index contributed by atoms with van der Waals surface area (Å²) in [5, 5.41) is 2.65. The van der Waals surface area contributed by atoms with Gasteiger partial charge in [0, 0.05) is 42.5 Å². The van der Waals surface area contributed by atoms with Crippen LogP contribution in [0.3, 0.4) is 0 Å². The maximum absolute atomic E-state index is 2.45. The Morgan fingerprint density at radius 3 is 1.75 bits per heavy atom. The number of nitrogens with zero attached hydrogens (tertiary/aromatic N) is 1. The molecule has 0 N–H and O–H groups in total. The van der Waals surface area contributed by atoms with Gasteiger partial charge in [0.15, 0.2) is 0 Å². The molecule has 8 aromatic carbocycles. The van der Waals surface area contributed by atoms with Crippen molar-refractivity contribution in [1.29, 1.82) is 0 Å². The second-order valence-corrected chi connectivity index (χ2v) is 14.9. The molecule has 0 amide bonds. The highest BCUT2D eigenvalue weighted by Crippen LogP contribution is 2.56. The summed E-state index contributed by atoms with van der Waals surface area (Å²) in [5.41, 5.74) is 14.6. The Labute approximate surface area is 308 Å². The lowest BCUT2D eigenvalue weighted by molar-refractivity contribution is 0.714. The van der Waals surface area contributed by atoms with Crippen molar-refractivity contribution in [2.24, 2.45) is 0 Å². The van der Waals surface area contributed by atoms with Crippen LogP contribution in [0.2, 0.25) is 0 Å². The molecule has 246 valence electrons. The zero-order valence-electron chi connectivity index (χ0n) is 28.8. The second kappa shape index (κ2) is 12.2. The van der Waals surface area contributed by atoms with Crippen LogP contribution in [0.25, 0.3) is 53.6 Å². The lowest BCUT2D eigenvalue weighted by Gasteiger charge is -2.30. The van der Waals surface area contributed by atoms with Gasteiger partial charge in [0.25, 0.3) is 0 Å². The Morgan fingerprint density at radius 2 is 0.981 bits per heavy atom. The minimum atomic E-state index is -0.279. The summed E-state index contributed by atoms with van der Waals surface area (Å²) in [5.74, 6) is 0. The number of anilines is 3. The molecule has 0 bridgehead atoms. The predicted octanol–water partition coefficient (Wildman–Crippen LogP) is 14.2. The third-order valence-corrected chi connectivity index (χ3v) is 12.2. The van der Waals surface area contributed by atoms with Gasteiger partial charge in [-0.2, -0.15) is 0 Å². The number of fused-ring (bicyclic) bond motifs is 6. The first kappa shape index (κ1) is 30.6. The van der Waals surface area contributed by atoms with Crippen LogP contribution in [0.4, 0.5) is 17.1 Å². The van der Waals surface area contributed by atoms with Crippen molar-refractivity contribution < 1.29 is 0 Å². The lowest BCUT2D eigenvalue weighted by atomic mass is 9.74. The van der Waals surface area contributed by atoms with Gasteiger partial charge in [-0.25, -0.2) is 0 Å². The van der Waals surface area contributed by atoms with Crippen molar-refractivity contribution in [1.82, 2.24) is 0 Å². The van der Waals surface area contributed by atoms with E-state index in [-0.39, 0.29) is 5.41 Å². The molecule has 0 saturated heterocycles. The minimum Gasteiger partial charge on any atom is -0.310 e. The molecule has 1 nitrogen and oxygen atoms in total. The van der Waals surface area contributed by atoms with Gasteiger partial charge in [-0.3, -0.25) is 0 Å². The van der Waals surface area contributed by atoms with Crippen LogP contribution in [0.1, 0.15) is 23.6 Å². The predicted molar refractivity (Wildman–Crippen MR) is 222 cm³/mol. The topological polar surface area (TPSA) is 3.24 Å². The maximum atomic E-state index is 2.45. The van der Waals surface area contributed by atoms with Crippen molar-refractivity contribution >= 4 is 48.6 Å². The molecule has 1 aromatic heterocycles. The van der Waals surface area contributed by atoms with E-state index in [1.807, 2.05) is 11.3 Å². The van der Waals surface area contributed by atoms with Crippen molar-refractivity contribution in [3.63, 3.8) is 0 Å². The fourth-order valence-electron chi connectivity index (χ4n) is 8.42. The molecule has 10 rings (SSSR count). The molecule has 0 fully saturated rings. The summed E-state index contributed by atoms with van der Waals surface area (Å²) in [4.78, 5) is 2.45. The molecule has 0 spiro atoms. The standard InChI is InChI=1S/C50H35NS/c1-50(37-16-6-3-7-17-37)44-22-10-8-19-43(44)48-45(50)23-13-24-46(48)51(38-30-26-35(27-31-38)34-14-4-2-5-15-34)39-32-28-36(29-33-39)40-20-12-21-42-41-18-9-11-25-47(41)52-49(40)42/h2-33H,1H3. The van der Waals surface area contributed by atoms with E-state index >= 15 is 0 Å².